The second kappa shape index (κ2) is 48.6. The predicted molar refractivity (Wildman–Crippen MR) is 252 cm³/mol. The van der Waals surface area contributed by atoms with Gasteiger partial charge in [-0.25, -0.2) is 0 Å². The highest BCUT2D eigenvalue weighted by molar-refractivity contribution is 5.71. The Labute approximate surface area is 366 Å². The van der Waals surface area contributed by atoms with E-state index in [4.69, 9.17) is 14.2 Å². The first-order valence-electron chi connectivity index (χ1n) is 25.8. The van der Waals surface area contributed by atoms with Crippen LogP contribution in [-0.4, -0.2) is 37.2 Å². The van der Waals surface area contributed by atoms with E-state index in [2.05, 4.69) is 45.1 Å². The lowest BCUT2D eigenvalue weighted by molar-refractivity contribution is -0.167. The molecule has 0 bridgehead atoms. The fourth-order valence-electron chi connectivity index (χ4n) is 7.52. The normalized spacial score (nSPS) is 12.1. The van der Waals surface area contributed by atoms with Gasteiger partial charge in [-0.05, 0) is 44.9 Å². The Bertz CT molecular complexity index is 958. The predicted octanol–water partition coefficient (Wildman–Crippen LogP) is 16.8. The molecule has 0 saturated heterocycles. The molecular weight excluding hydrogens is 733 g/mol. The smallest absolute Gasteiger partial charge is 0.306 e. The van der Waals surface area contributed by atoms with Crippen molar-refractivity contribution in [1.82, 2.24) is 0 Å². The highest BCUT2D eigenvalue weighted by Gasteiger charge is 2.19. The molecule has 6 nitrogen and oxygen atoms in total. The van der Waals surface area contributed by atoms with E-state index >= 15 is 0 Å². The lowest BCUT2D eigenvalue weighted by Crippen LogP contribution is -2.30. The van der Waals surface area contributed by atoms with Crippen molar-refractivity contribution in [3.8, 4) is 0 Å². The van der Waals surface area contributed by atoms with Crippen LogP contribution in [0.5, 0.6) is 0 Å². The van der Waals surface area contributed by atoms with Gasteiger partial charge in [0.1, 0.15) is 13.2 Å². The highest BCUT2D eigenvalue weighted by Crippen LogP contribution is 2.16. The Morgan fingerprint density at radius 2 is 0.627 bits per heavy atom. The number of hydrogen-bond donors (Lipinski definition) is 0. The van der Waals surface area contributed by atoms with Gasteiger partial charge >= 0.3 is 17.9 Å². The lowest BCUT2D eigenvalue weighted by Gasteiger charge is -2.18. The maximum Gasteiger partial charge on any atom is 0.306 e. The number of allylic oxidation sites excluding steroid dienone is 4. The molecule has 0 aromatic rings. The van der Waals surface area contributed by atoms with Crippen LogP contribution in [0, 0.1) is 0 Å². The van der Waals surface area contributed by atoms with Crippen LogP contribution in [-0.2, 0) is 28.6 Å². The Morgan fingerprint density at radius 1 is 0.339 bits per heavy atom. The molecule has 0 N–H and O–H groups in total. The van der Waals surface area contributed by atoms with E-state index in [9.17, 15) is 14.4 Å². The Morgan fingerprint density at radius 3 is 0.983 bits per heavy atom. The molecule has 0 unspecified atom stereocenters. The van der Waals surface area contributed by atoms with Crippen LogP contribution in [0.4, 0.5) is 0 Å². The van der Waals surface area contributed by atoms with Crippen molar-refractivity contribution in [3.05, 3.63) is 24.3 Å². The van der Waals surface area contributed by atoms with Crippen LogP contribution in [0.15, 0.2) is 24.3 Å². The zero-order valence-electron chi connectivity index (χ0n) is 39.5. The number of unbranched alkanes of at least 4 members (excludes halogenated alkanes) is 32. The molecule has 0 aromatic carbocycles. The van der Waals surface area contributed by atoms with Gasteiger partial charge in [0, 0.05) is 19.3 Å². The molecule has 1 atom stereocenters. The minimum atomic E-state index is -0.771. The third-order valence-electron chi connectivity index (χ3n) is 11.5. The molecule has 0 saturated carbocycles. The summed E-state index contributed by atoms with van der Waals surface area (Å²) in [5.41, 5.74) is 0. The maximum absolute atomic E-state index is 12.8. The van der Waals surface area contributed by atoms with Crippen LogP contribution in [0.2, 0.25) is 0 Å². The van der Waals surface area contributed by atoms with E-state index in [1.165, 1.54) is 154 Å². The largest absolute Gasteiger partial charge is 0.462 e. The number of carbonyl (C=O) groups excluding carboxylic acids is 3. The highest BCUT2D eigenvalue weighted by atomic mass is 16.6. The van der Waals surface area contributed by atoms with Crippen LogP contribution < -0.4 is 0 Å². The van der Waals surface area contributed by atoms with Crippen molar-refractivity contribution in [3.63, 3.8) is 0 Å². The zero-order chi connectivity index (χ0) is 43.0. The lowest BCUT2D eigenvalue weighted by atomic mass is 10.0. The van der Waals surface area contributed by atoms with Crippen molar-refractivity contribution < 1.29 is 28.6 Å². The van der Waals surface area contributed by atoms with E-state index in [1.54, 1.807) is 0 Å². The number of carbonyl (C=O) groups is 3. The van der Waals surface area contributed by atoms with Gasteiger partial charge in [-0.1, -0.05) is 238 Å². The Hall–Kier alpha value is -2.11. The minimum Gasteiger partial charge on any atom is -0.462 e. The second-order valence-corrected chi connectivity index (χ2v) is 17.4. The number of hydrogen-bond acceptors (Lipinski definition) is 6. The third kappa shape index (κ3) is 46.8. The first-order chi connectivity index (χ1) is 29.0. The average molecular weight is 831 g/mol. The van der Waals surface area contributed by atoms with Crippen LogP contribution in [0.1, 0.15) is 278 Å². The van der Waals surface area contributed by atoms with Gasteiger partial charge in [0.05, 0.1) is 0 Å². The standard InChI is InChI=1S/C53H98O6/c1-4-7-10-13-16-19-21-23-25-26-27-28-30-31-34-37-40-43-46-52(55)58-49-50(48-57-51(54)45-42-39-36-33-18-15-12-9-6-3)59-53(56)47-44-41-38-35-32-29-24-22-20-17-14-11-8-5-2/h14,17,22,24,50H,4-13,15-16,18-21,23,25-49H2,1-3H3/b17-14-,24-22-/t50-/m1/s1. The summed E-state index contributed by atoms with van der Waals surface area (Å²) in [5, 5.41) is 0. The molecule has 0 aliphatic rings. The summed E-state index contributed by atoms with van der Waals surface area (Å²) in [5.74, 6) is -0.876. The van der Waals surface area contributed by atoms with Gasteiger partial charge < -0.3 is 14.2 Å². The summed E-state index contributed by atoms with van der Waals surface area (Å²) in [6.45, 7) is 6.59. The SMILES string of the molecule is CCCC/C=C\C/C=C\CCCCCCCC(=O)O[C@H](COC(=O)CCCCCCCCCCC)COC(=O)CCCCCCCCCCCCCCCCCCCC. The van der Waals surface area contributed by atoms with Crippen LogP contribution in [0.3, 0.4) is 0 Å². The van der Waals surface area contributed by atoms with Crippen molar-refractivity contribution in [1.29, 1.82) is 0 Å². The van der Waals surface area contributed by atoms with Crippen molar-refractivity contribution in [2.75, 3.05) is 13.2 Å². The van der Waals surface area contributed by atoms with Gasteiger partial charge in [-0.15, -0.1) is 0 Å². The first kappa shape index (κ1) is 56.9. The zero-order valence-corrected chi connectivity index (χ0v) is 39.5. The average Bonchev–Trinajstić information content (AvgIpc) is 3.23. The van der Waals surface area contributed by atoms with Gasteiger partial charge in [0.2, 0.25) is 0 Å². The number of ether oxygens (including phenoxy) is 3. The molecule has 0 heterocycles. The second-order valence-electron chi connectivity index (χ2n) is 17.4. The molecule has 346 valence electrons. The molecule has 0 aliphatic heterocycles. The monoisotopic (exact) mass is 831 g/mol. The first-order valence-corrected chi connectivity index (χ1v) is 25.8. The van der Waals surface area contributed by atoms with E-state index in [0.717, 1.165) is 83.5 Å². The Kier molecular flexibility index (Phi) is 46.8. The molecule has 0 amide bonds. The minimum absolute atomic E-state index is 0.0724. The molecule has 0 aliphatic carbocycles. The summed E-state index contributed by atoms with van der Waals surface area (Å²) in [7, 11) is 0. The van der Waals surface area contributed by atoms with Crippen molar-refractivity contribution in [2.24, 2.45) is 0 Å². The molecular formula is C53H98O6. The molecule has 0 spiro atoms. The number of rotatable bonds is 47. The van der Waals surface area contributed by atoms with Gasteiger partial charge in [0.15, 0.2) is 6.10 Å². The van der Waals surface area contributed by atoms with Crippen molar-refractivity contribution in [2.45, 2.75) is 284 Å². The fraction of sp³-hybridized carbons (Fsp3) is 0.868. The van der Waals surface area contributed by atoms with Gasteiger partial charge in [-0.2, -0.15) is 0 Å². The molecule has 6 heteroatoms. The van der Waals surface area contributed by atoms with Crippen LogP contribution in [0.25, 0.3) is 0 Å². The third-order valence-corrected chi connectivity index (χ3v) is 11.5. The van der Waals surface area contributed by atoms with E-state index in [0.29, 0.717) is 19.3 Å². The van der Waals surface area contributed by atoms with Crippen molar-refractivity contribution >= 4 is 17.9 Å². The van der Waals surface area contributed by atoms with E-state index in [1.807, 2.05) is 0 Å². The molecule has 0 fully saturated rings. The molecule has 59 heavy (non-hydrogen) atoms. The molecule has 0 radical (unpaired) electrons. The number of esters is 3. The summed E-state index contributed by atoms with van der Waals surface area (Å²) in [6, 6.07) is 0. The molecule has 0 aromatic heterocycles. The topological polar surface area (TPSA) is 78.9 Å². The van der Waals surface area contributed by atoms with Gasteiger partial charge in [0.25, 0.3) is 0 Å². The van der Waals surface area contributed by atoms with E-state index < -0.39 is 6.10 Å². The van der Waals surface area contributed by atoms with Crippen LogP contribution >= 0.6 is 0 Å². The summed E-state index contributed by atoms with van der Waals surface area (Å²) >= 11 is 0. The fourth-order valence-corrected chi connectivity index (χ4v) is 7.52. The summed E-state index contributed by atoms with van der Waals surface area (Å²) < 4.78 is 16.8. The van der Waals surface area contributed by atoms with E-state index in [-0.39, 0.29) is 31.1 Å². The Balaban J connectivity index is 4.27. The maximum atomic E-state index is 12.8. The summed E-state index contributed by atoms with van der Waals surface area (Å²) in [6.07, 6.45) is 54.5. The quantitative estimate of drug-likeness (QED) is 0.0263. The summed E-state index contributed by atoms with van der Waals surface area (Å²) in [4.78, 5) is 37.8. The van der Waals surface area contributed by atoms with Gasteiger partial charge in [-0.3, -0.25) is 14.4 Å². The molecule has 0 rings (SSSR count).